The van der Waals surface area contributed by atoms with Crippen LogP contribution in [0.4, 0.5) is 0 Å². The fourth-order valence-corrected chi connectivity index (χ4v) is 2.01. The van der Waals surface area contributed by atoms with E-state index in [-0.39, 0.29) is 11.8 Å². The highest BCUT2D eigenvalue weighted by atomic mass is 16.2. The summed E-state index contributed by atoms with van der Waals surface area (Å²) in [7, 11) is 0. The van der Waals surface area contributed by atoms with Gasteiger partial charge in [-0.05, 0) is 41.8 Å². The van der Waals surface area contributed by atoms with E-state index in [0.29, 0.717) is 12.1 Å². The molecule has 2 aromatic rings. The molecule has 0 fully saturated rings. The van der Waals surface area contributed by atoms with Crippen LogP contribution in [-0.2, 0) is 11.3 Å². The summed E-state index contributed by atoms with van der Waals surface area (Å²) >= 11 is 0. The van der Waals surface area contributed by atoms with E-state index in [2.05, 4.69) is 21.2 Å². The Labute approximate surface area is 147 Å². The van der Waals surface area contributed by atoms with E-state index in [9.17, 15) is 9.59 Å². The highest BCUT2D eigenvalue weighted by Crippen LogP contribution is 2.04. The monoisotopic (exact) mass is 338 g/mol. The van der Waals surface area contributed by atoms with Crippen LogP contribution in [0.3, 0.4) is 0 Å². The second-order valence-electron chi connectivity index (χ2n) is 5.42. The summed E-state index contributed by atoms with van der Waals surface area (Å²) in [6.45, 7) is 3.14. The first kappa shape index (κ1) is 18.4. The van der Waals surface area contributed by atoms with Gasteiger partial charge in [-0.2, -0.15) is 0 Å². The van der Waals surface area contributed by atoms with Gasteiger partial charge in [-0.1, -0.05) is 25.1 Å². The maximum absolute atomic E-state index is 11.9. The van der Waals surface area contributed by atoms with Gasteiger partial charge in [0, 0.05) is 37.1 Å². The molecule has 0 saturated carbocycles. The summed E-state index contributed by atoms with van der Waals surface area (Å²) in [5.41, 5.74) is 7.82. The van der Waals surface area contributed by atoms with E-state index in [4.69, 9.17) is 0 Å². The number of hydrogen-bond donors (Lipinski definition) is 3. The maximum Gasteiger partial charge on any atom is 0.265 e. The minimum Gasteiger partial charge on any atom is -0.348 e. The van der Waals surface area contributed by atoms with Gasteiger partial charge in [0.05, 0.1) is 0 Å². The summed E-state index contributed by atoms with van der Waals surface area (Å²) in [5.74, 6) is -0.363. The van der Waals surface area contributed by atoms with Crippen LogP contribution >= 0.6 is 0 Å². The zero-order chi connectivity index (χ0) is 17.9. The minimum absolute atomic E-state index is 0.177. The molecular formula is C19H22N4O2. The quantitative estimate of drug-likeness (QED) is 0.391. The van der Waals surface area contributed by atoms with Gasteiger partial charge in [0.2, 0.25) is 5.91 Å². The molecular weight excluding hydrogens is 316 g/mol. The van der Waals surface area contributed by atoms with E-state index in [1.165, 1.54) is 6.08 Å². The molecule has 0 spiro atoms. The molecule has 6 nitrogen and oxygen atoms in total. The molecule has 1 heterocycles. The standard InChI is InChI=1S/C19H22N4O2/c1-2-11-22-23-19(25)17-8-5-16(6-9-17)14-21-18(24)10-7-15-4-3-12-20-13-15/h3-10,12-13,22H,2,11,14H2,1H3,(H,21,24)(H,23,25)/b10-7+. The molecule has 0 radical (unpaired) electrons. The Balaban J connectivity index is 1.80. The van der Waals surface area contributed by atoms with Gasteiger partial charge >= 0.3 is 0 Å². The lowest BCUT2D eigenvalue weighted by atomic mass is 10.1. The number of nitrogens with one attached hydrogen (secondary N) is 3. The Kier molecular flexibility index (Phi) is 7.34. The van der Waals surface area contributed by atoms with Crippen molar-refractivity contribution in [2.75, 3.05) is 6.54 Å². The lowest BCUT2D eigenvalue weighted by molar-refractivity contribution is -0.116. The zero-order valence-electron chi connectivity index (χ0n) is 14.2. The van der Waals surface area contributed by atoms with Crippen molar-refractivity contribution in [2.45, 2.75) is 19.9 Å². The number of nitrogens with zero attached hydrogens (tertiary/aromatic N) is 1. The average molecular weight is 338 g/mol. The third-order valence-corrected chi connectivity index (χ3v) is 3.37. The van der Waals surface area contributed by atoms with E-state index >= 15 is 0 Å². The van der Waals surface area contributed by atoms with Gasteiger partial charge < -0.3 is 5.32 Å². The predicted molar refractivity (Wildman–Crippen MR) is 97.3 cm³/mol. The smallest absolute Gasteiger partial charge is 0.265 e. The molecule has 0 unspecified atom stereocenters. The number of aromatic nitrogens is 1. The summed E-state index contributed by atoms with van der Waals surface area (Å²) in [6.07, 6.45) is 7.48. The highest BCUT2D eigenvalue weighted by molar-refractivity contribution is 5.94. The van der Waals surface area contributed by atoms with E-state index < -0.39 is 0 Å². The maximum atomic E-state index is 11.9. The van der Waals surface area contributed by atoms with Crippen LogP contribution in [0.25, 0.3) is 6.08 Å². The van der Waals surface area contributed by atoms with Crippen molar-refractivity contribution in [1.82, 2.24) is 21.2 Å². The molecule has 1 aromatic carbocycles. The first-order valence-electron chi connectivity index (χ1n) is 8.17. The molecule has 6 heteroatoms. The second-order valence-corrected chi connectivity index (χ2v) is 5.42. The first-order valence-corrected chi connectivity index (χ1v) is 8.17. The van der Waals surface area contributed by atoms with Crippen molar-refractivity contribution in [1.29, 1.82) is 0 Å². The Hall–Kier alpha value is -2.99. The number of carbonyl (C=O) groups is 2. The van der Waals surface area contributed by atoms with Crippen molar-refractivity contribution >= 4 is 17.9 Å². The number of pyridine rings is 1. The van der Waals surface area contributed by atoms with Crippen molar-refractivity contribution in [3.63, 3.8) is 0 Å². The third kappa shape index (κ3) is 6.56. The molecule has 2 amide bonds. The molecule has 0 bridgehead atoms. The summed E-state index contributed by atoms with van der Waals surface area (Å²) < 4.78 is 0. The number of hydrazine groups is 1. The fourth-order valence-electron chi connectivity index (χ4n) is 2.01. The van der Waals surface area contributed by atoms with Gasteiger partial charge in [-0.25, -0.2) is 5.43 Å². The molecule has 0 aliphatic heterocycles. The molecule has 3 N–H and O–H groups in total. The van der Waals surface area contributed by atoms with Crippen molar-refractivity contribution in [3.8, 4) is 0 Å². The molecule has 0 atom stereocenters. The normalized spacial score (nSPS) is 10.6. The van der Waals surface area contributed by atoms with Crippen molar-refractivity contribution < 1.29 is 9.59 Å². The van der Waals surface area contributed by atoms with Crippen LogP contribution in [0.1, 0.15) is 34.8 Å². The van der Waals surface area contributed by atoms with Crippen molar-refractivity contribution in [3.05, 3.63) is 71.6 Å². The van der Waals surface area contributed by atoms with E-state index in [1.54, 1.807) is 30.6 Å². The summed E-state index contributed by atoms with van der Waals surface area (Å²) in [6, 6.07) is 10.8. The zero-order valence-corrected chi connectivity index (χ0v) is 14.2. The fraction of sp³-hybridized carbons (Fsp3) is 0.211. The first-order chi connectivity index (χ1) is 12.2. The molecule has 25 heavy (non-hydrogen) atoms. The van der Waals surface area contributed by atoms with Crippen LogP contribution < -0.4 is 16.2 Å². The summed E-state index contributed by atoms with van der Waals surface area (Å²) in [4.78, 5) is 27.7. The Morgan fingerprint density at radius 2 is 1.96 bits per heavy atom. The van der Waals surface area contributed by atoms with Gasteiger partial charge in [-0.15, -0.1) is 0 Å². The molecule has 0 saturated heterocycles. The second kappa shape index (κ2) is 10.00. The van der Waals surface area contributed by atoms with Gasteiger partial charge in [0.1, 0.15) is 0 Å². The van der Waals surface area contributed by atoms with Crippen LogP contribution in [0.15, 0.2) is 54.9 Å². The van der Waals surface area contributed by atoms with E-state index in [0.717, 1.165) is 24.1 Å². The molecule has 0 aliphatic carbocycles. The number of benzene rings is 1. The Morgan fingerprint density at radius 3 is 2.64 bits per heavy atom. The number of rotatable bonds is 8. The van der Waals surface area contributed by atoms with E-state index in [1.807, 2.05) is 31.2 Å². The lowest BCUT2D eigenvalue weighted by Crippen LogP contribution is -2.37. The minimum atomic E-state index is -0.186. The van der Waals surface area contributed by atoms with Crippen LogP contribution in [0.2, 0.25) is 0 Å². The number of hydrogen-bond acceptors (Lipinski definition) is 4. The van der Waals surface area contributed by atoms with Crippen molar-refractivity contribution in [2.24, 2.45) is 0 Å². The summed E-state index contributed by atoms with van der Waals surface area (Å²) in [5, 5.41) is 2.80. The number of carbonyl (C=O) groups excluding carboxylic acids is 2. The van der Waals surface area contributed by atoms with Crippen LogP contribution in [0, 0.1) is 0 Å². The molecule has 2 rings (SSSR count). The van der Waals surface area contributed by atoms with Gasteiger partial charge in [0.15, 0.2) is 0 Å². The van der Waals surface area contributed by atoms with Gasteiger partial charge in [-0.3, -0.25) is 20.0 Å². The van der Waals surface area contributed by atoms with Gasteiger partial charge in [0.25, 0.3) is 5.91 Å². The topological polar surface area (TPSA) is 83.1 Å². The third-order valence-electron chi connectivity index (χ3n) is 3.37. The Morgan fingerprint density at radius 1 is 1.16 bits per heavy atom. The molecule has 0 aliphatic rings. The van der Waals surface area contributed by atoms with Crippen LogP contribution in [0.5, 0.6) is 0 Å². The molecule has 130 valence electrons. The SMILES string of the molecule is CCCNNC(=O)c1ccc(CNC(=O)/C=C/c2cccnc2)cc1. The molecule has 1 aromatic heterocycles. The average Bonchev–Trinajstić information content (AvgIpc) is 2.66. The largest absolute Gasteiger partial charge is 0.348 e. The predicted octanol–water partition coefficient (Wildman–Crippen LogP) is 2.06. The van der Waals surface area contributed by atoms with Crippen LogP contribution in [-0.4, -0.2) is 23.3 Å². The Bertz CT molecular complexity index is 712. The lowest BCUT2D eigenvalue weighted by Gasteiger charge is -2.07. The highest BCUT2D eigenvalue weighted by Gasteiger charge is 2.04. The number of amides is 2.